The zero-order valence-electron chi connectivity index (χ0n) is 9.82. The molecule has 0 bridgehead atoms. The molecule has 6 heteroatoms. The van der Waals surface area contributed by atoms with Gasteiger partial charge in [-0.3, -0.25) is 4.57 Å². The minimum atomic E-state index is -2.52. The molecule has 0 aliphatic heterocycles. The van der Waals surface area contributed by atoms with Crippen molar-refractivity contribution < 1.29 is 8.78 Å². The first-order valence-electron chi connectivity index (χ1n) is 5.18. The maximum atomic E-state index is 12.5. The third-order valence-corrected chi connectivity index (χ3v) is 2.21. The number of nitrogens with one attached hydrogen (secondary N) is 1. The van der Waals surface area contributed by atoms with Crippen LogP contribution in [-0.4, -0.2) is 41.1 Å². The van der Waals surface area contributed by atoms with Crippen LogP contribution in [0.3, 0.4) is 0 Å². The lowest BCUT2D eigenvalue weighted by Crippen LogP contribution is -2.36. The lowest BCUT2D eigenvalue weighted by atomic mass is 10.3. The second-order valence-electron chi connectivity index (χ2n) is 4.07. The zero-order valence-corrected chi connectivity index (χ0v) is 9.82. The number of likely N-dealkylation sites (N-methyl/N-ethyl adjacent to an activating group) is 1. The largest absolute Gasteiger partial charge is 0.319 e. The van der Waals surface area contributed by atoms with Crippen molar-refractivity contribution in [2.45, 2.75) is 26.1 Å². The average Bonchev–Trinajstić information content (AvgIpc) is 2.61. The Kier molecular flexibility index (Phi) is 4.82. The average molecular weight is 232 g/mol. The van der Waals surface area contributed by atoms with Gasteiger partial charge in [-0.1, -0.05) is 0 Å². The highest BCUT2D eigenvalue weighted by Gasteiger charge is 2.11. The number of alkyl halides is 2. The predicted molar refractivity (Wildman–Crippen MR) is 58.3 cm³/mol. The van der Waals surface area contributed by atoms with Crippen molar-refractivity contribution in [3.8, 4) is 0 Å². The van der Waals surface area contributed by atoms with Crippen LogP contribution in [0, 0.1) is 0 Å². The monoisotopic (exact) mass is 232 g/mol. The fraction of sp³-hybridized carbons (Fsp3) is 0.700. The summed E-state index contributed by atoms with van der Waals surface area (Å²) < 4.78 is 25.8. The summed E-state index contributed by atoms with van der Waals surface area (Å²) in [4.78, 5) is 5.93. The van der Waals surface area contributed by atoms with Gasteiger partial charge in [0, 0.05) is 25.0 Å². The summed E-state index contributed by atoms with van der Waals surface area (Å²) in [6.45, 7) is 0.695. The second-order valence-corrected chi connectivity index (χ2v) is 4.07. The molecule has 1 atom stereocenters. The number of hydrogen-bond donors (Lipinski definition) is 1. The van der Waals surface area contributed by atoms with Crippen LogP contribution >= 0.6 is 0 Å². The van der Waals surface area contributed by atoms with Crippen molar-refractivity contribution in [3.63, 3.8) is 0 Å². The SMILES string of the molecule is CC(CN(C)C)NCc1nccn1C(F)F. The molecule has 1 heterocycles. The van der Waals surface area contributed by atoms with Crippen molar-refractivity contribution in [1.82, 2.24) is 19.8 Å². The van der Waals surface area contributed by atoms with Gasteiger partial charge in [-0.25, -0.2) is 4.98 Å². The Balaban J connectivity index is 2.45. The molecule has 0 saturated carbocycles. The Morgan fingerprint density at radius 2 is 2.19 bits per heavy atom. The zero-order chi connectivity index (χ0) is 12.1. The standard InChI is InChI=1S/C10H18F2N4/c1-8(7-15(2)3)14-6-9-13-4-5-16(9)10(11)12/h4-5,8,10,14H,6-7H2,1-3H3. The van der Waals surface area contributed by atoms with Gasteiger partial charge in [0.2, 0.25) is 0 Å². The maximum Gasteiger partial charge on any atom is 0.319 e. The van der Waals surface area contributed by atoms with Crippen LogP contribution in [0.15, 0.2) is 12.4 Å². The molecule has 0 saturated heterocycles. The van der Waals surface area contributed by atoms with Gasteiger partial charge in [-0.15, -0.1) is 0 Å². The molecular formula is C10H18F2N4. The van der Waals surface area contributed by atoms with E-state index in [1.807, 2.05) is 25.9 Å². The number of aromatic nitrogens is 2. The number of imidazole rings is 1. The van der Waals surface area contributed by atoms with Crippen LogP contribution in [0.5, 0.6) is 0 Å². The van der Waals surface area contributed by atoms with Gasteiger partial charge >= 0.3 is 6.55 Å². The summed E-state index contributed by atoms with van der Waals surface area (Å²) in [7, 11) is 3.94. The molecule has 16 heavy (non-hydrogen) atoms. The molecule has 0 aromatic carbocycles. The topological polar surface area (TPSA) is 33.1 Å². The van der Waals surface area contributed by atoms with E-state index in [1.54, 1.807) is 0 Å². The highest BCUT2D eigenvalue weighted by atomic mass is 19.3. The Morgan fingerprint density at radius 3 is 2.75 bits per heavy atom. The van der Waals surface area contributed by atoms with Gasteiger partial charge in [0.1, 0.15) is 5.82 Å². The Hall–Kier alpha value is -1.01. The number of rotatable bonds is 6. The first kappa shape index (κ1) is 13.1. The predicted octanol–water partition coefficient (Wildman–Crippen LogP) is 1.32. The first-order chi connectivity index (χ1) is 7.50. The normalized spacial score (nSPS) is 13.7. The van der Waals surface area contributed by atoms with Crippen LogP contribution < -0.4 is 5.32 Å². The molecule has 0 spiro atoms. The molecule has 1 rings (SSSR count). The molecule has 0 radical (unpaired) electrons. The van der Waals surface area contributed by atoms with Crippen molar-refractivity contribution in [2.75, 3.05) is 20.6 Å². The molecule has 0 fully saturated rings. The molecule has 1 N–H and O–H groups in total. The fourth-order valence-electron chi connectivity index (χ4n) is 1.54. The minimum absolute atomic E-state index is 0.234. The van der Waals surface area contributed by atoms with Gasteiger partial charge < -0.3 is 10.2 Å². The van der Waals surface area contributed by atoms with Crippen molar-refractivity contribution in [1.29, 1.82) is 0 Å². The summed E-state index contributed by atoms with van der Waals surface area (Å²) in [6, 6.07) is 0.234. The van der Waals surface area contributed by atoms with E-state index in [-0.39, 0.29) is 6.04 Å². The lowest BCUT2D eigenvalue weighted by molar-refractivity contribution is 0.0664. The Morgan fingerprint density at radius 1 is 1.50 bits per heavy atom. The molecule has 0 aliphatic carbocycles. The van der Waals surface area contributed by atoms with E-state index in [0.717, 1.165) is 11.1 Å². The summed E-state index contributed by atoms with van der Waals surface area (Å²) in [5.74, 6) is 0.362. The fourth-order valence-corrected chi connectivity index (χ4v) is 1.54. The van der Waals surface area contributed by atoms with Crippen molar-refractivity contribution >= 4 is 0 Å². The van der Waals surface area contributed by atoms with E-state index in [0.29, 0.717) is 12.4 Å². The summed E-state index contributed by atoms with van der Waals surface area (Å²) in [6.07, 6.45) is 2.68. The quantitative estimate of drug-likeness (QED) is 0.803. The molecular weight excluding hydrogens is 214 g/mol. The molecule has 0 aliphatic rings. The number of nitrogens with zero attached hydrogens (tertiary/aromatic N) is 3. The summed E-state index contributed by atoms with van der Waals surface area (Å²) >= 11 is 0. The molecule has 4 nitrogen and oxygen atoms in total. The van der Waals surface area contributed by atoms with Gasteiger partial charge in [0.25, 0.3) is 0 Å². The second kappa shape index (κ2) is 5.91. The van der Waals surface area contributed by atoms with Crippen molar-refractivity contribution in [2.24, 2.45) is 0 Å². The van der Waals surface area contributed by atoms with E-state index in [9.17, 15) is 8.78 Å². The van der Waals surface area contributed by atoms with Crippen LogP contribution in [0.2, 0.25) is 0 Å². The number of halogens is 2. The highest BCUT2D eigenvalue weighted by molar-refractivity contribution is 4.92. The summed E-state index contributed by atoms with van der Waals surface area (Å²) in [5.41, 5.74) is 0. The minimum Gasteiger partial charge on any atom is -0.308 e. The highest BCUT2D eigenvalue weighted by Crippen LogP contribution is 2.11. The van der Waals surface area contributed by atoms with E-state index >= 15 is 0 Å². The first-order valence-corrected chi connectivity index (χ1v) is 5.18. The van der Waals surface area contributed by atoms with Crippen LogP contribution in [0.25, 0.3) is 0 Å². The molecule has 1 aromatic heterocycles. The Bertz CT molecular complexity index is 312. The number of hydrogen-bond acceptors (Lipinski definition) is 3. The van der Waals surface area contributed by atoms with Crippen LogP contribution in [-0.2, 0) is 6.54 Å². The van der Waals surface area contributed by atoms with E-state index < -0.39 is 6.55 Å². The van der Waals surface area contributed by atoms with Gasteiger partial charge in [-0.2, -0.15) is 8.78 Å². The smallest absolute Gasteiger partial charge is 0.308 e. The van der Waals surface area contributed by atoms with E-state index in [4.69, 9.17) is 0 Å². The summed E-state index contributed by atoms with van der Waals surface area (Å²) in [5, 5.41) is 3.15. The third kappa shape index (κ3) is 3.86. The van der Waals surface area contributed by atoms with Crippen molar-refractivity contribution in [3.05, 3.63) is 18.2 Å². The molecule has 1 unspecified atom stereocenters. The Labute approximate surface area is 94.3 Å². The lowest BCUT2D eigenvalue weighted by Gasteiger charge is -2.18. The van der Waals surface area contributed by atoms with Gasteiger partial charge in [0.15, 0.2) is 0 Å². The van der Waals surface area contributed by atoms with Gasteiger partial charge in [-0.05, 0) is 21.0 Å². The van der Waals surface area contributed by atoms with Crippen LogP contribution in [0.4, 0.5) is 8.78 Å². The van der Waals surface area contributed by atoms with E-state index in [2.05, 4.69) is 10.3 Å². The molecule has 92 valence electrons. The van der Waals surface area contributed by atoms with Crippen LogP contribution in [0.1, 0.15) is 19.3 Å². The third-order valence-electron chi connectivity index (χ3n) is 2.21. The maximum absolute atomic E-state index is 12.5. The molecule has 1 aromatic rings. The molecule has 0 amide bonds. The van der Waals surface area contributed by atoms with Gasteiger partial charge in [0.05, 0.1) is 6.54 Å². The van der Waals surface area contributed by atoms with E-state index in [1.165, 1.54) is 12.4 Å².